The van der Waals surface area contributed by atoms with E-state index in [0.717, 1.165) is 10.2 Å². The van der Waals surface area contributed by atoms with Gasteiger partial charge in [0, 0.05) is 4.47 Å². The van der Waals surface area contributed by atoms with E-state index in [1.807, 2.05) is 30.3 Å². The van der Waals surface area contributed by atoms with Gasteiger partial charge >= 0.3 is 5.63 Å². The summed E-state index contributed by atoms with van der Waals surface area (Å²) in [4.78, 5) is 24.1. The van der Waals surface area contributed by atoms with Gasteiger partial charge in [-0.15, -0.1) is 0 Å². The largest absolute Gasteiger partial charge is 0.492 e. The van der Waals surface area contributed by atoms with E-state index in [1.165, 1.54) is 0 Å². The Kier molecular flexibility index (Phi) is 4.96. The summed E-state index contributed by atoms with van der Waals surface area (Å²) < 4.78 is 11.4. The summed E-state index contributed by atoms with van der Waals surface area (Å²) in [7, 11) is 0. The molecule has 0 saturated heterocycles. The lowest BCUT2D eigenvalue weighted by atomic mass is 10.1. The molecule has 0 fully saturated rings. The van der Waals surface area contributed by atoms with Crippen LogP contribution in [0, 0.1) is 0 Å². The van der Waals surface area contributed by atoms with E-state index < -0.39 is 11.5 Å². The number of fused-ring (bicyclic) bond motifs is 1. The Hall–Kier alpha value is -2.60. The molecule has 3 rings (SSSR count). The molecule has 0 aliphatic rings. The van der Waals surface area contributed by atoms with Crippen molar-refractivity contribution in [2.45, 2.75) is 0 Å². The third-order valence-electron chi connectivity index (χ3n) is 3.35. The van der Waals surface area contributed by atoms with Crippen molar-refractivity contribution in [3.63, 3.8) is 0 Å². The van der Waals surface area contributed by atoms with Crippen LogP contribution in [0.3, 0.4) is 0 Å². The van der Waals surface area contributed by atoms with Crippen LogP contribution in [0.5, 0.6) is 5.75 Å². The zero-order valence-electron chi connectivity index (χ0n) is 12.6. The monoisotopic (exact) mass is 387 g/mol. The number of halogens is 1. The molecule has 0 aliphatic carbocycles. The van der Waals surface area contributed by atoms with Gasteiger partial charge in [0.25, 0.3) is 5.91 Å². The third kappa shape index (κ3) is 3.83. The summed E-state index contributed by atoms with van der Waals surface area (Å²) in [5.41, 5.74) is -0.542. The van der Waals surface area contributed by atoms with Crippen molar-refractivity contribution < 1.29 is 13.9 Å². The SMILES string of the molecule is O=C(NCCOc1ccccc1)c1cc2ccc(Br)cc2c(=O)o1. The molecule has 6 heteroatoms. The van der Waals surface area contributed by atoms with Crippen LogP contribution >= 0.6 is 15.9 Å². The fourth-order valence-electron chi connectivity index (χ4n) is 2.21. The molecule has 0 atom stereocenters. The van der Waals surface area contributed by atoms with Gasteiger partial charge in [0.1, 0.15) is 12.4 Å². The van der Waals surface area contributed by atoms with E-state index in [0.29, 0.717) is 23.9 Å². The summed E-state index contributed by atoms with van der Waals surface area (Å²) >= 11 is 3.30. The van der Waals surface area contributed by atoms with Crippen molar-refractivity contribution in [3.05, 3.63) is 75.3 Å². The van der Waals surface area contributed by atoms with Gasteiger partial charge < -0.3 is 14.5 Å². The molecule has 0 bridgehead atoms. The molecule has 1 heterocycles. The first-order valence-corrected chi connectivity index (χ1v) is 8.12. The number of hydrogen-bond donors (Lipinski definition) is 1. The topological polar surface area (TPSA) is 68.5 Å². The number of carbonyl (C=O) groups excluding carboxylic acids is 1. The summed E-state index contributed by atoms with van der Waals surface area (Å²) in [5, 5.41) is 3.74. The predicted molar refractivity (Wildman–Crippen MR) is 94.5 cm³/mol. The Morgan fingerprint density at radius 2 is 1.92 bits per heavy atom. The standard InChI is InChI=1S/C18H14BrNO4/c19-13-7-6-12-10-16(24-18(22)15(12)11-13)17(21)20-8-9-23-14-4-2-1-3-5-14/h1-7,10-11H,8-9H2,(H,20,21). The maximum Gasteiger partial charge on any atom is 0.344 e. The number of hydrogen-bond acceptors (Lipinski definition) is 4. The van der Waals surface area contributed by atoms with E-state index in [1.54, 1.807) is 24.3 Å². The van der Waals surface area contributed by atoms with Gasteiger partial charge in [0.15, 0.2) is 5.76 Å². The zero-order valence-corrected chi connectivity index (χ0v) is 14.2. The molecule has 24 heavy (non-hydrogen) atoms. The first kappa shape index (κ1) is 16.3. The van der Waals surface area contributed by atoms with Gasteiger partial charge in [-0.25, -0.2) is 4.79 Å². The van der Waals surface area contributed by atoms with E-state index in [9.17, 15) is 9.59 Å². The number of para-hydroxylation sites is 1. The van der Waals surface area contributed by atoms with Crippen LogP contribution in [0.4, 0.5) is 0 Å². The summed E-state index contributed by atoms with van der Waals surface area (Å²) in [5.74, 6) is 0.262. The molecule has 1 N–H and O–H groups in total. The number of benzene rings is 2. The fraction of sp³-hybridized carbons (Fsp3) is 0.111. The van der Waals surface area contributed by atoms with Crippen molar-refractivity contribution in [1.29, 1.82) is 0 Å². The Labute approximate surface area is 146 Å². The molecular formula is C18H14BrNO4. The molecular weight excluding hydrogens is 374 g/mol. The molecule has 1 amide bonds. The van der Waals surface area contributed by atoms with Crippen molar-refractivity contribution in [1.82, 2.24) is 5.32 Å². The molecule has 122 valence electrons. The summed E-state index contributed by atoms with van der Waals surface area (Å²) in [6.07, 6.45) is 0. The highest BCUT2D eigenvalue weighted by Gasteiger charge is 2.12. The quantitative estimate of drug-likeness (QED) is 0.681. The van der Waals surface area contributed by atoms with Gasteiger partial charge in [0.05, 0.1) is 11.9 Å². The minimum absolute atomic E-state index is 0.0190. The molecule has 0 saturated carbocycles. The zero-order chi connectivity index (χ0) is 16.9. The van der Waals surface area contributed by atoms with Crippen molar-refractivity contribution in [2.24, 2.45) is 0 Å². The highest BCUT2D eigenvalue weighted by atomic mass is 79.9. The number of rotatable bonds is 5. The molecule has 3 aromatic rings. The number of ether oxygens (including phenoxy) is 1. The Morgan fingerprint density at radius 3 is 2.71 bits per heavy atom. The molecule has 0 spiro atoms. The number of amides is 1. The van der Waals surface area contributed by atoms with Crippen LogP contribution in [0.15, 0.2) is 68.3 Å². The predicted octanol–water partition coefficient (Wildman–Crippen LogP) is 3.36. The number of carbonyl (C=O) groups is 1. The molecule has 1 aromatic heterocycles. The lowest BCUT2D eigenvalue weighted by Gasteiger charge is -2.07. The lowest BCUT2D eigenvalue weighted by molar-refractivity contribution is 0.0915. The van der Waals surface area contributed by atoms with Crippen LogP contribution < -0.4 is 15.7 Å². The van der Waals surface area contributed by atoms with Crippen molar-refractivity contribution in [2.75, 3.05) is 13.2 Å². The molecule has 5 nitrogen and oxygen atoms in total. The second kappa shape index (κ2) is 7.31. The Bertz CT molecular complexity index is 921. The number of nitrogens with one attached hydrogen (secondary N) is 1. The molecule has 0 radical (unpaired) electrons. The third-order valence-corrected chi connectivity index (χ3v) is 3.84. The first-order chi connectivity index (χ1) is 11.6. The molecule has 0 aliphatic heterocycles. The molecule has 0 unspecified atom stereocenters. The lowest BCUT2D eigenvalue weighted by Crippen LogP contribution is -2.28. The average Bonchev–Trinajstić information content (AvgIpc) is 2.60. The minimum Gasteiger partial charge on any atom is -0.492 e. The smallest absolute Gasteiger partial charge is 0.344 e. The van der Waals surface area contributed by atoms with Crippen LogP contribution in [-0.2, 0) is 0 Å². The van der Waals surface area contributed by atoms with E-state index in [-0.39, 0.29) is 5.76 Å². The van der Waals surface area contributed by atoms with Crippen molar-refractivity contribution in [3.8, 4) is 5.75 Å². The summed E-state index contributed by atoms with van der Waals surface area (Å²) in [6, 6.07) is 16.1. The maximum absolute atomic E-state index is 12.1. The second-order valence-electron chi connectivity index (χ2n) is 5.05. The second-order valence-corrected chi connectivity index (χ2v) is 5.96. The van der Waals surface area contributed by atoms with Gasteiger partial charge in [-0.3, -0.25) is 4.79 Å². The highest BCUT2D eigenvalue weighted by molar-refractivity contribution is 9.10. The Balaban J connectivity index is 1.64. The minimum atomic E-state index is -0.542. The van der Waals surface area contributed by atoms with Crippen LogP contribution in [0.25, 0.3) is 10.8 Å². The fourth-order valence-corrected chi connectivity index (χ4v) is 2.57. The Morgan fingerprint density at radius 1 is 1.12 bits per heavy atom. The summed E-state index contributed by atoms with van der Waals surface area (Å²) in [6.45, 7) is 0.621. The van der Waals surface area contributed by atoms with Crippen LogP contribution in [-0.4, -0.2) is 19.1 Å². The average molecular weight is 388 g/mol. The molecule has 2 aromatic carbocycles. The van der Waals surface area contributed by atoms with E-state index >= 15 is 0 Å². The van der Waals surface area contributed by atoms with Gasteiger partial charge in [-0.1, -0.05) is 40.2 Å². The first-order valence-electron chi connectivity index (χ1n) is 7.33. The van der Waals surface area contributed by atoms with Gasteiger partial charge in [-0.2, -0.15) is 0 Å². The maximum atomic E-state index is 12.1. The normalized spacial score (nSPS) is 10.5. The van der Waals surface area contributed by atoms with Gasteiger partial charge in [-0.05, 0) is 35.7 Å². The highest BCUT2D eigenvalue weighted by Crippen LogP contribution is 2.18. The van der Waals surface area contributed by atoms with Crippen molar-refractivity contribution >= 4 is 32.6 Å². The van der Waals surface area contributed by atoms with Crippen LogP contribution in [0.1, 0.15) is 10.6 Å². The van der Waals surface area contributed by atoms with E-state index in [4.69, 9.17) is 9.15 Å². The van der Waals surface area contributed by atoms with Crippen LogP contribution in [0.2, 0.25) is 0 Å². The van der Waals surface area contributed by atoms with E-state index in [2.05, 4.69) is 21.2 Å². The van der Waals surface area contributed by atoms with Gasteiger partial charge in [0.2, 0.25) is 0 Å².